The molecule has 0 radical (unpaired) electrons. The third kappa shape index (κ3) is 4.58. The minimum absolute atomic E-state index is 0.00561. The van der Waals surface area contributed by atoms with Gasteiger partial charge in [0, 0.05) is 24.5 Å². The first kappa shape index (κ1) is 16.6. The Kier molecular flexibility index (Phi) is 5.66. The first-order chi connectivity index (χ1) is 9.24. The van der Waals surface area contributed by atoms with Crippen molar-refractivity contribution >= 4 is 37.8 Å². The number of sulfonamides is 1. The highest BCUT2D eigenvalue weighted by atomic mass is 79.9. The molecule has 0 fully saturated rings. The Morgan fingerprint density at radius 2 is 1.95 bits per heavy atom. The average Bonchev–Trinajstić information content (AvgIpc) is 2.34. The zero-order valence-corrected chi connectivity index (χ0v) is 12.9. The molecule has 0 unspecified atom stereocenters. The third-order valence-electron chi connectivity index (χ3n) is 2.26. The molecule has 0 aromatic heterocycles. The van der Waals surface area contributed by atoms with Crippen LogP contribution in [-0.2, 0) is 14.8 Å². The van der Waals surface area contributed by atoms with Gasteiger partial charge in [-0.1, -0.05) is 0 Å². The van der Waals surface area contributed by atoms with Crippen LogP contribution < -0.4 is 10.0 Å². The molecule has 1 rings (SSSR count). The van der Waals surface area contributed by atoms with E-state index in [1.54, 1.807) is 0 Å². The molecule has 0 aliphatic rings. The second-order valence-corrected chi connectivity index (χ2v) is 6.42. The van der Waals surface area contributed by atoms with Gasteiger partial charge in [-0.15, -0.1) is 0 Å². The smallest absolute Gasteiger partial charge is 0.335 e. The largest absolute Gasteiger partial charge is 0.478 e. The molecule has 0 bridgehead atoms. The van der Waals surface area contributed by atoms with Crippen LogP contribution in [-0.4, -0.2) is 38.5 Å². The minimum atomic E-state index is -3.86. The van der Waals surface area contributed by atoms with E-state index < -0.39 is 16.0 Å². The van der Waals surface area contributed by atoms with Gasteiger partial charge >= 0.3 is 5.97 Å². The van der Waals surface area contributed by atoms with Crippen molar-refractivity contribution < 1.29 is 23.1 Å². The number of carbonyl (C=O) groups excluding carboxylic acids is 1. The van der Waals surface area contributed by atoms with Gasteiger partial charge in [-0.3, -0.25) is 4.79 Å². The van der Waals surface area contributed by atoms with Gasteiger partial charge in [0.05, 0.1) is 10.5 Å². The zero-order chi connectivity index (χ0) is 15.3. The van der Waals surface area contributed by atoms with Gasteiger partial charge in [0.25, 0.3) is 0 Å². The molecule has 1 amide bonds. The van der Waals surface area contributed by atoms with Crippen molar-refractivity contribution in [2.24, 2.45) is 0 Å². The van der Waals surface area contributed by atoms with E-state index >= 15 is 0 Å². The zero-order valence-electron chi connectivity index (χ0n) is 10.5. The molecule has 0 heterocycles. The molecule has 0 aliphatic carbocycles. The predicted molar refractivity (Wildman–Crippen MR) is 75.0 cm³/mol. The van der Waals surface area contributed by atoms with Crippen LogP contribution in [0.2, 0.25) is 0 Å². The molecule has 0 atom stereocenters. The summed E-state index contributed by atoms with van der Waals surface area (Å²) in [7, 11) is -3.86. The molecule has 110 valence electrons. The van der Waals surface area contributed by atoms with Crippen molar-refractivity contribution in [3.63, 3.8) is 0 Å². The van der Waals surface area contributed by atoms with Gasteiger partial charge < -0.3 is 10.4 Å². The van der Waals surface area contributed by atoms with Crippen molar-refractivity contribution in [3.8, 4) is 0 Å². The molecule has 0 spiro atoms. The van der Waals surface area contributed by atoms with Crippen molar-refractivity contribution in [1.29, 1.82) is 0 Å². The van der Waals surface area contributed by atoms with Crippen molar-refractivity contribution in [2.75, 3.05) is 13.1 Å². The fourth-order valence-electron chi connectivity index (χ4n) is 1.34. The maximum atomic E-state index is 12.0. The number of rotatable bonds is 6. The fourth-order valence-corrected chi connectivity index (χ4v) is 3.36. The Labute approximate surface area is 124 Å². The molecule has 1 aromatic carbocycles. The number of hydrogen-bond donors (Lipinski definition) is 3. The van der Waals surface area contributed by atoms with Crippen LogP contribution in [0.25, 0.3) is 0 Å². The molecule has 0 saturated heterocycles. The highest BCUT2D eigenvalue weighted by Crippen LogP contribution is 2.23. The minimum Gasteiger partial charge on any atom is -0.478 e. The lowest BCUT2D eigenvalue weighted by Gasteiger charge is -2.09. The Morgan fingerprint density at radius 1 is 1.30 bits per heavy atom. The number of halogens is 1. The maximum Gasteiger partial charge on any atom is 0.335 e. The lowest BCUT2D eigenvalue weighted by molar-refractivity contribution is -0.118. The van der Waals surface area contributed by atoms with Gasteiger partial charge in [-0.2, -0.15) is 0 Å². The summed E-state index contributed by atoms with van der Waals surface area (Å²) in [6.07, 6.45) is 0. The van der Waals surface area contributed by atoms with E-state index in [2.05, 4.69) is 26.0 Å². The second-order valence-electron chi connectivity index (χ2n) is 3.83. The number of benzene rings is 1. The third-order valence-corrected chi connectivity index (χ3v) is 4.71. The second kappa shape index (κ2) is 6.82. The van der Waals surface area contributed by atoms with Crippen LogP contribution in [0.15, 0.2) is 27.6 Å². The summed E-state index contributed by atoms with van der Waals surface area (Å²) in [5.74, 6) is -1.48. The highest BCUT2D eigenvalue weighted by Gasteiger charge is 2.19. The summed E-state index contributed by atoms with van der Waals surface area (Å²) in [6, 6.07) is 3.71. The number of amides is 1. The van der Waals surface area contributed by atoms with Crippen molar-refractivity contribution in [3.05, 3.63) is 28.2 Å². The number of aromatic carboxylic acids is 1. The average molecular weight is 365 g/mol. The molecular formula is C11H13BrN2O5S. The van der Waals surface area contributed by atoms with Crippen molar-refractivity contribution in [2.45, 2.75) is 11.8 Å². The molecule has 9 heteroatoms. The molecule has 1 aromatic rings. The van der Waals surface area contributed by atoms with E-state index in [-0.39, 0.29) is 33.9 Å². The van der Waals surface area contributed by atoms with Gasteiger partial charge in [0.15, 0.2) is 0 Å². The van der Waals surface area contributed by atoms with E-state index in [4.69, 9.17) is 5.11 Å². The van der Waals surface area contributed by atoms with Crippen molar-refractivity contribution in [1.82, 2.24) is 10.0 Å². The van der Waals surface area contributed by atoms with Crippen LogP contribution in [0.1, 0.15) is 17.3 Å². The van der Waals surface area contributed by atoms with E-state index in [1.807, 2.05) is 0 Å². The van der Waals surface area contributed by atoms with Gasteiger partial charge in [-0.25, -0.2) is 17.9 Å². The molecule has 3 N–H and O–H groups in total. The summed E-state index contributed by atoms with van der Waals surface area (Å²) < 4.78 is 26.6. The van der Waals surface area contributed by atoms with E-state index in [9.17, 15) is 18.0 Å². The first-order valence-electron chi connectivity index (χ1n) is 5.51. The standard InChI is InChI=1S/C11H13BrN2O5S/c1-7(15)13-4-5-14-20(18,19)10-6-8(11(16)17)2-3-9(10)12/h2-3,6,14H,4-5H2,1H3,(H,13,15)(H,16,17). The Bertz CT molecular complexity index is 630. The SMILES string of the molecule is CC(=O)NCCNS(=O)(=O)c1cc(C(=O)O)ccc1Br. The number of hydrogen-bond acceptors (Lipinski definition) is 4. The fraction of sp³-hybridized carbons (Fsp3) is 0.273. The van der Waals surface area contributed by atoms with Crippen LogP contribution in [0, 0.1) is 0 Å². The van der Waals surface area contributed by atoms with Gasteiger partial charge in [-0.05, 0) is 34.1 Å². The molecule has 7 nitrogen and oxygen atoms in total. The van der Waals surface area contributed by atoms with Gasteiger partial charge in [0.2, 0.25) is 15.9 Å². The number of carboxylic acids is 1. The summed E-state index contributed by atoms with van der Waals surface area (Å²) in [5, 5.41) is 11.3. The monoisotopic (exact) mass is 364 g/mol. The Hall–Kier alpha value is -1.45. The number of nitrogens with one attached hydrogen (secondary N) is 2. The predicted octanol–water partition coefficient (Wildman–Crippen LogP) is 0.562. The normalized spacial score (nSPS) is 11.1. The summed E-state index contributed by atoms with van der Waals surface area (Å²) in [5.41, 5.74) is -0.129. The summed E-state index contributed by atoms with van der Waals surface area (Å²) in [4.78, 5) is 21.3. The van der Waals surface area contributed by atoms with Crippen LogP contribution >= 0.6 is 15.9 Å². The van der Waals surface area contributed by atoms with Gasteiger partial charge in [0.1, 0.15) is 0 Å². The molecular weight excluding hydrogens is 352 g/mol. The molecule has 20 heavy (non-hydrogen) atoms. The first-order valence-corrected chi connectivity index (χ1v) is 7.78. The van der Waals surface area contributed by atoms with Crippen LogP contribution in [0.5, 0.6) is 0 Å². The number of carbonyl (C=O) groups is 2. The maximum absolute atomic E-state index is 12.0. The van der Waals surface area contributed by atoms with E-state index in [1.165, 1.54) is 19.1 Å². The summed E-state index contributed by atoms with van der Waals surface area (Å²) >= 11 is 3.07. The molecule has 0 aliphatic heterocycles. The molecule has 0 saturated carbocycles. The quantitative estimate of drug-likeness (QED) is 0.638. The topological polar surface area (TPSA) is 113 Å². The van der Waals surface area contributed by atoms with Crippen LogP contribution in [0.3, 0.4) is 0 Å². The lowest BCUT2D eigenvalue weighted by atomic mass is 10.2. The summed E-state index contributed by atoms with van der Waals surface area (Å²) in [6.45, 7) is 1.47. The van der Waals surface area contributed by atoms with E-state index in [0.29, 0.717) is 0 Å². The lowest BCUT2D eigenvalue weighted by Crippen LogP contribution is -2.33. The Balaban J connectivity index is 2.89. The Morgan fingerprint density at radius 3 is 2.50 bits per heavy atom. The van der Waals surface area contributed by atoms with Crippen LogP contribution in [0.4, 0.5) is 0 Å². The number of carboxylic acid groups (broad SMARTS) is 1. The highest BCUT2D eigenvalue weighted by molar-refractivity contribution is 9.10. The van der Waals surface area contributed by atoms with E-state index in [0.717, 1.165) is 6.07 Å².